The number of nitrogens with zero attached hydrogens (tertiary/aromatic N) is 2. The zero-order valence-corrected chi connectivity index (χ0v) is 14.7. The first-order valence-electron chi connectivity index (χ1n) is 7.23. The summed E-state index contributed by atoms with van der Waals surface area (Å²) in [6.45, 7) is 4.01. The van der Waals surface area contributed by atoms with Crippen molar-refractivity contribution in [1.29, 1.82) is 0 Å². The average Bonchev–Trinajstić information content (AvgIpc) is 2.86. The quantitative estimate of drug-likeness (QED) is 0.762. The third-order valence-electron chi connectivity index (χ3n) is 3.94. The highest BCUT2D eigenvalue weighted by Gasteiger charge is 2.26. The maximum absolute atomic E-state index is 12.4. The largest absolute Gasteiger partial charge is 0.345 e. The van der Waals surface area contributed by atoms with Gasteiger partial charge in [0.2, 0.25) is 10.0 Å². The lowest BCUT2D eigenvalue weighted by molar-refractivity contribution is 0.0818. The molecule has 0 radical (unpaired) electrons. The molecule has 0 saturated heterocycles. The van der Waals surface area contributed by atoms with E-state index in [2.05, 4.69) is 4.72 Å². The molecule has 0 aliphatic heterocycles. The van der Waals surface area contributed by atoms with Gasteiger partial charge in [-0.1, -0.05) is 13.8 Å². The number of sulfonamides is 1. The molecular weight excluding hydrogens is 304 g/mol. The second kappa shape index (κ2) is 6.80. The van der Waals surface area contributed by atoms with Crippen molar-refractivity contribution in [2.24, 2.45) is 12.8 Å². The van der Waals surface area contributed by atoms with Crippen molar-refractivity contribution >= 4 is 15.9 Å². The molecule has 0 atom stereocenters. The van der Waals surface area contributed by atoms with Crippen LogP contribution in [0.5, 0.6) is 0 Å². The molecule has 0 fully saturated rings. The lowest BCUT2D eigenvalue weighted by Gasteiger charge is -2.26. The molecule has 7 nitrogen and oxygen atoms in total. The minimum atomic E-state index is -3.70. The summed E-state index contributed by atoms with van der Waals surface area (Å²) in [5.74, 6) is -0.251. The fourth-order valence-electron chi connectivity index (χ4n) is 1.94. The molecule has 22 heavy (non-hydrogen) atoms. The van der Waals surface area contributed by atoms with Crippen molar-refractivity contribution in [3.8, 4) is 0 Å². The first kappa shape index (κ1) is 18.7. The Kier molecular flexibility index (Phi) is 5.77. The second-order valence-electron chi connectivity index (χ2n) is 5.77. The van der Waals surface area contributed by atoms with E-state index >= 15 is 0 Å². The van der Waals surface area contributed by atoms with Crippen LogP contribution in [0.15, 0.2) is 17.2 Å². The Bertz CT molecular complexity index is 631. The van der Waals surface area contributed by atoms with Gasteiger partial charge >= 0.3 is 0 Å². The molecule has 126 valence electrons. The van der Waals surface area contributed by atoms with Gasteiger partial charge in [0.15, 0.2) is 0 Å². The molecule has 8 heteroatoms. The first-order valence-corrected chi connectivity index (χ1v) is 8.71. The van der Waals surface area contributed by atoms with Gasteiger partial charge in [0.25, 0.3) is 5.91 Å². The van der Waals surface area contributed by atoms with Crippen LogP contribution in [-0.2, 0) is 17.1 Å². The molecule has 1 aromatic heterocycles. The Morgan fingerprint density at radius 1 is 1.36 bits per heavy atom. The van der Waals surface area contributed by atoms with Crippen LogP contribution in [0.3, 0.4) is 0 Å². The van der Waals surface area contributed by atoms with E-state index in [0.717, 1.165) is 0 Å². The zero-order valence-electron chi connectivity index (χ0n) is 13.9. The highest BCUT2D eigenvalue weighted by Crippen LogP contribution is 2.16. The molecule has 0 aromatic carbocycles. The van der Waals surface area contributed by atoms with E-state index in [1.165, 1.54) is 21.7 Å². The highest BCUT2D eigenvalue weighted by atomic mass is 32.2. The van der Waals surface area contributed by atoms with Gasteiger partial charge < -0.3 is 15.2 Å². The molecule has 0 bridgehead atoms. The number of aromatic nitrogens is 1. The van der Waals surface area contributed by atoms with Crippen LogP contribution in [0.1, 0.15) is 37.2 Å². The van der Waals surface area contributed by atoms with E-state index in [-0.39, 0.29) is 17.3 Å². The molecule has 0 saturated carbocycles. The van der Waals surface area contributed by atoms with Gasteiger partial charge in [-0.2, -0.15) is 0 Å². The lowest BCUT2D eigenvalue weighted by Crippen LogP contribution is -2.49. The van der Waals surface area contributed by atoms with Crippen LogP contribution in [0, 0.1) is 0 Å². The summed E-state index contributed by atoms with van der Waals surface area (Å²) in [5.41, 5.74) is 5.86. The predicted molar refractivity (Wildman–Crippen MR) is 86.1 cm³/mol. The summed E-state index contributed by atoms with van der Waals surface area (Å²) in [6, 6.07) is 1.38. The topological polar surface area (TPSA) is 97.4 Å². The zero-order chi connectivity index (χ0) is 17.1. The van der Waals surface area contributed by atoms with Crippen molar-refractivity contribution in [3.05, 3.63) is 18.0 Å². The Labute approximate surface area is 132 Å². The lowest BCUT2D eigenvalue weighted by atomic mass is 9.95. The highest BCUT2D eigenvalue weighted by molar-refractivity contribution is 7.89. The summed E-state index contributed by atoms with van der Waals surface area (Å²) in [6.07, 6.45) is 2.77. The minimum absolute atomic E-state index is 0.0646. The number of hydrogen-bond donors (Lipinski definition) is 2. The van der Waals surface area contributed by atoms with Gasteiger partial charge in [-0.15, -0.1) is 0 Å². The van der Waals surface area contributed by atoms with Crippen LogP contribution in [0.2, 0.25) is 0 Å². The normalized spacial score (nSPS) is 12.5. The first-order chi connectivity index (χ1) is 10.1. The monoisotopic (exact) mass is 330 g/mol. The Balaban J connectivity index is 3.00. The Morgan fingerprint density at radius 2 is 1.91 bits per heavy atom. The molecule has 0 spiro atoms. The fraction of sp³-hybridized carbons (Fsp3) is 0.643. The van der Waals surface area contributed by atoms with E-state index in [1.54, 1.807) is 21.1 Å². The molecule has 0 aliphatic rings. The van der Waals surface area contributed by atoms with Crippen molar-refractivity contribution in [3.63, 3.8) is 0 Å². The smallest absolute Gasteiger partial charge is 0.269 e. The van der Waals surface area contributed by atoms with Crippen molar-refractivity contribution in [1.82, 2.24) is 14.2 Å². The van der Waals surface area contributed by atoms with Gasteiger partial charge in [-0.05, 0) is 18.9 Å². The van der Waals surface area contributed by atoms with Gasteiger partial charge in [0.1, 0.15) is 10.6 Å². The standard InChI is InChI=1S/C14H26N4O3S/c1-6-14(15,7-2)10-16-22(20,21)11-8-12(18(5)9-11)13(19)17(3)4/h8-9,16H,6-7,10,15H2,1-5H3. The number of hydrogen-bond acceptors (Lipinski definition) is 4. The van der Waals surface area contributed by atoms with E-state index < -0.39 is 15.6 Å². The van der Waals surface area contributed by atoms with Crippen molar-refractivity contribution < 1.29 is 13.2 Å². The Hall–Kier alpha value is -1.38. The maximum atomic E-state index is 12.4. The molecule has 1 heterocycles. The van der Waals surface area contributed by atoms with Crippen LogP contribution in [0.4, 0.5) is 0 Å². The summed E-state index contributed by atoms with van der Waals surface area (Å²) < 4.78 is 28.8. The molecule has 0 unspecified atom stereocenters. The SMILES string of the molecule is CCC(N)(CC)CNS(=O)(=O)c1cc(C(=O)N(C)C)n(C)c1. The van der Waals surface area contributed by atoms with Crippen LogP contribution in [-0.4, -0.2) is 50.0 Å². The average molecular weight is 330 g/mol. The second-order valence-corrected chi connectivity index (χ2v) is 7.53. The van der Waals surface area contributed by atoms with E-state index in [9.17, 15) is 13.2 Å². The molecule has 1 amide bonds. The molecule has 0 aliphatic carbocycles. The van der Waals surface area contributed by atoms with Crippen LogP contribution in [0.25, 0.3) is 0 Å². The minimum Gasteiger partial charge on any atom is -0.345 e. The number of carbonyl (C=O) groups is 1. The van der Waals surface area contributed by atoms with Gasteiger partial charge in [-0.3, -0.25) is 4.79 Å². The third kappa shape index (κ3) is 4.08. The summed E-state index contributed by atoms with van der Waals surface area (Å²) >= 11 is 0. The summed E-state index contributed by atoms with van der Waals surface area (Å²) in [5, 5.41) is 0. The van der Waals surface area contributed by atoms with Gasteiger partial charge in [0, 0.05) is 39.4 Å². The van der Waals surface area contributed by atoms with E-state index in [0.29, 0.717) is 18.5 Å². The number of rotatable bonds is 7. The molecular formula is C14H26N4O3S. The van der Waals surface area contributed by atoms with Crippen molar-refractivity contribution in [2.75, 3.05) is 20.6 Å². The molecule has 3 N–H and O–H groups in total. The molecule has 1 aromatic rings. The van der Waals surface area contributed by atoms with Crippen LogP contribution < -0.4 is 10.5 Å². The molecule has 1 rings (SSSR count). The number of nitrogens with two attached hydrogens (primary N) is 1. The summed E-state index contributed by atoms with van der Waals surface area (Å²) in [4.78, 5) is 13.5. The van der Waals surface area contributed by atoms with Gasteiger partial charge in [0.05, 0.1) is 0 Å². The van der Waals surface area contributed by atoms with Crippen molar-refractivity contribution in [2.45, 2.75) is 37.1 Å². The van der Waals surface area contributed by atoms with E-state index in [4.69, 9.17) is 5.73 Å². The summed E-state index contributed by atoms with van der Waals surface area (Å²) in [7, 11) is 1.18. The third-order valence-corrected chi connectivity index (χ3v) is 5.31. The number of nitrogens with one attached hydrogen (secondary N) is 1. The van der Waals surface area contributed by atoms with E-state index in [1.807, 2.05) is 13.8 Å². The number of amides is 1. The van der Waals surface area contributed by atoms with Crippen LogP contribution >= 0.6 is 0 Å². The van der Waals surface area contributed by atoms with Gasteiger partial charge in [-0.25, -0.2) is 13.1 Å². The predicted octanol–water partition coefficient (Wildman–Crippen LogP) is 0.523. The number of carbonyl (C=O) groups excluding carboxylic acids is 1. The maximum Gasteiger partial charge on any atom is 0.269 e. The number of aryl methyl sites for hydroxylation is 1. The fourth-order valence-corrected chi connectivity index (χ4v) is 3.15. The Morgan fingerprint density at radius 3 is 2.36 bits per heavy atom.